The Morgan fingerprint density at radius 2 is 2.05 bits per heavy atom. The zero-order valence-corrected chi connectivity index (χ0v) is 12.7. The van der Waals surface area contributed by atoms with Crippen molar-refractivity contribution in [1.82, 2.24) is 10.3 Å². The number of pyridine rings is 1. The molecular weight excluding hydrogens is 284 g/mol. The van der Waals surface area contributed by atoms with Crippen LogP contribution in [0.5, 0.6) is 0 Å². The topological polar surface area (TPSA) is 110 Å². The number of furan rings is 1. The van der Waals surface area contributed by atoms with E-state index in [1.54, 1.807) is 18.2 Å². The molecule has 0 spiro atoms. The van der Waals surface area contributed by atoms with Crippen molar-refractivity contribution in [3.05, 3.63) is 46.5 Å². The van der Waals surface area contributed by atoms with E-state index < -0.39 is 5.91 Å². The van der Waals surface area contributed by atoms with E-state index >= 15 is 0 Å². The number of rotatable bonds is 5. The summed E-state index contributed by atoms with van der Waals surface area (Å²) in [6.45, 7) is 4.00. The third-order valence-corrected chi connectivity index (χ3v) is 3.27. The number of nitrogens with zero attached hydrogens (tertiary/aromatic N) is 1. The molecule has 0 aliphatic heterocycles. The zero-order valence-electron chi connectivity index (χ0n) is 12.7. The fraction of sp³-hybridized carbons (Fsp3) is 0.267. The summed E-state index contributed by atoms with van der Waals surface area (Å²) in [4.78, 5) is 27.3. The molecule has 4 N–H and O–H groups in total. The first-order valence-electron chi connectivity index (χ1n) is 6.75. The lowest BCUT2D eigenvalue weighted by atomic mass is 10.1. The van der Waals surface area contributed by atoms with Gasteiger partial charge in [-0.15, -0.1) is 0 Å². The first kappa shape index (κ1) is 15.6. The van der Waals surface area contributed by atoms with Gasteiger partial charge in [0.1, 0.15) is 11.6 Å². The Morgan fingerprint density at radius 1 is 1.32 bits per heavy atom. The molecule has 7 heteroatoms. The van der Waals surface area contributed by atoms with Crippen molar-refractivity contribution in [3.63, 3.8) is 0 Å². The van der Waals surface area contributed by atoms with Crippen LogP contribution in [-0.4, -0.2) is 23.8 Å². The molecule has 0 atom stereocenters. The number of hydrogen-bond donors (Lipinski definition) is 3. The van der Waals surface area contributed by atoms with Gasteiger partial charge >= 0.3 is 0 Å². The summed E-state index contributed by atoms with van der Waals surface area (Å²) in [5.41, 5.74) is 7.38. The molecule has 0 bridgehead atoms. The number of aromatic nitrogens is 1. The zero-order chi connectivity index (χ0) is 16.3. The van der Waals surface area contributed by atoms with Crippen LogP contribution in [0.3, 0.4) is 0 Å². The van der Waals surface area contributed by atoms with Gasteiger partial charge in [0.25, 0.3) is 11.8 Å². The molecule has 0 fully saturated rings. The lowest BCUT2D eigenvalue weighted by Gasteiger charge is -2.10. The molecule has 7 nitrogen and oxygen atoms in total. The fourth-order valence-electron chi connectivity index (χ4n) is 1.92. The van der Waals surface area contributed by atoms with Gasteiger partial charge in [-0.1, -0.05) is 0 Å². The molecular formula is C15H18N4O3. The Balaban J connectivity index is 2.17. The molecule has 0 aliphatic rings. The number of primary amides is 1. The number of aryl methyl sites for hydroxylation is 2. The Kier molecular flexibility index (Phi) is 4.45. The van der Waals surface area contributed by atoms with E-state index in [9.17, 15) is 9.59 Å². The summed E-state index contributed by atoms with van der Waals surface area (Å²) in [6, 6.07) is 4.96. The van der Waals surface area contributed by atoms with Gasteiger partial charge in [0.2, 0.25) is 0 Å². The number of nitrogens with two attached hydrogens (primary N) is 1. The number of carbonyl (C=O) groups excluding carboxylic acids is 2. The lowest BCUT2D eigenvalue weighted by Crippen LogP contribution is -2.17. The maximum atomic E-state index is 11.5. The van der Waals surface area contributed by atoms with Crippen LogP contribution in [0.1, 0.15) is 37.9 Å². The maximum absolute atomic E-state index is 11.5. The Hall–Kier alpha value is -2.83. The van der Waals surface area contributed by atoms with Crippen LogP contribution in [0, 0.1) is 13.8 Å². The summed E-state index contributed by atoms with van der Waals surface area (Å²) >= 11 is 0. The molecule has 2 aromatic heterocycles. The standard InChI is InChI=1S/C15H18N4O3/c1-8-6-11(13(16)20)14(19-9(8)2)18-7-10-4-5-12(22-10)15(21)17-3/h4-6H,7H2,1-3H3,(H2,16,20)(H,17,21)(H,18,19). The summed E-state index contributed by atoms with van der Waals surface area (Å²) in [7, 11) is 1.53. The largest absolute Gasteiger partial charge is 0.454 e. The maximum Gasteiger partial charge on any atom is 0.286 e. The summed E-state index contributed by atoms with van der Waals surface area (Å²) < 4.78 is 5.39. The van der Waals surface area contributed by atoms with E-state index in [0.717, 1.165) is 11.3 Å². The second kappa shape index (κ2) is 6.30. The van der Waals surface area contributed by atoms with Gasteiger partial charge in [0.15, 0.2) is 5.76 Å². The van der Waals surface area contributed by atoms with Gasteiger partial charge in [-0.3, -0.25) is 9.59 Å². The van der Waals surface area contributed by atoms with Gasteiger partial charge in [0, 0.05) is 12.7 Å². The second-order valence-electron chi connectivity index (χ2n) is 4.85. The van der Waals surface area contributed by atoms with Crippen LogP contribution in [0.15, 0.2) is 22.6 Å². The highest BCUT2D eigenvalue weighted by atomic mass is 16.4. The first-order valence-corrected chi connectivity index (χ1v) is 6.75. The quantitative estimate of drug-likeness (QED) is 0.772. The predicted molar refractivity (Wildman–Crippen MR) is 81.7 cm³/mol. The Labute approximate surface area is 127 Å². The smallest absolute Gasteiger partial charge is 0.286 e. The molecule has 116 valence electrons. The minimum atomic E-state index is -0.552. The third kappa shape index (κ3) is 3.25. The second-order valence-corrected chi connectivity index (χ2v) is 4.85. The highest BCUT2D eigenvalue weighted by Crippen LogP contribution is 2.18. The molecule has 0 saturated carbocycles. The van der Waals surface area contributed by atoms with Crippen LogP contribution in [0.4, 0.5) is 5.82 Å². The SMILES string of the molecule is CNC(=O)c1ccc(CNc2nc(C)c(C)cc2C(N)=O)o1. The van der Waals surface area contributed by atoms with E-state index in [-0.39, 0.29) is 18.2 Å². The predicted octanol–water partition coefficient (Wildman–Crippen LogP) is 1.36. The molecule has 0 unspecified atom stereocenters. The molecule has 2 rings (SSSR count). The van der Waals surface area contributed by atoms with Crippen molar-refractivity contribution in [3.8, 4) is 0 Å². The van der Waals surface area contributed by atoms with E-state index in [1.165, 1.54) is 7.05 Å². The average Bonchev–Trinajstić information content (AvgIpc) is 2.95. The van der Waals surface area contributed by atoms with E-state index in [2.05, 4.69) is 15.6 Å². The van der Waals surface area contributed by atoms with Gasteiger partial charge in [-0.05, 0) is 37.6 Å². The molecule has 2 heterocycles. The minimum absolute atomic E-state index is 0.225. The third-order valence-electron chi connectivity index (χ3n) is 3.27. The van der Waals surface area contributed by atoms with Gasteiger partial charge in [-0.25, -0.2) is 4.98 Å². The van der Waals surface area contributed by atoms with Crippen molar-refractivity contribution in [2.75, 3.05) is 12.4 Å². The van der Waals surface area contributed by atoms with Crippen molar-refractivity contribution in [2.45, 2.75) is 20.4 Å². The van der Waals surface area contributed by atoms with Crippen LogP contribution in [0.2, 0.25) is 0 Å². The van der Waals surface area contributed by atoms with Crippen LogP contribution in [-0.2, 0) is 6.54 Å². The summed E-state index contributed by atoms with van der Waals surface area (Å²) in [5, 5.41) is 5.49. The number of anilines is 1. The molecule has 0 saturated heterocycles. The van der Waals surface area contributed by atoms with Gasteiger partial charge in [-0.2, -0.15) is 0 Å². The summed E-state index contributed by atoms with van der Waals surface area (Å²) in [6.07, 6.45) is 0. The summed E-state index contributed by atoms with van der Waals surface area (Å²) in [5.74, 6) is 0.321. The van der Waals surface area contributed by atoms with Crippen molar-refractivity contribution < 1.29 is 14.0 Å². The van der Waals surface area contributed by atoms with Crippen LogP contribution in [0.25, 0.3) is 0 Å². The van der Waals surface area contributed by atoms with Crippen LogP contribution >= 0.6 is 0 Å². The average molecular weight is 302 g/mol. The van der Waals surface area contributed by atoms with Gasteiger partial charge in [0.05, 0.1) is 12.1 Å². The number of amides is 2. The normalized spacial score (nSPS) is 10.3. The van der Waals surface area contributed by atoms with Crippen molar-refractivity contribution in [1.29, 1.82) is 0 Å². The highest BCUT2D eigenvalue weighted by molar-refractivity contribution is 5.97. The van der Waals surface area contributed by atoms with Crippen LogP contribution < -0.4 is 16.4 Å². The minimum Gasteiger partial charge on any atom is -0.454 e. The first-order chi connectivity index (χ1) is 10.4. The molecule has 0 aliphatic carbocycles. The van der Waals surface area contributed by atoms with E-state index in [0.29, 0.717) is 17.1 Å². The van der Waals surface area contributed by atoms with E-state index in [4.69, 9.17) is 10.2 Å². The molecule has 22 heavy (non-hydrogen) atoms. The number of nitrogens with one attached hydrogen (secondary N) is 2. The van der Waals surface area contributed by atoms with Crippen molar-refractivity contribution >= 4 is 17.6 Å². The fourth-order valence-corrected chi connectivity index (χ4v) is 1.92. The molecule has 0 radical (unpaired) electrons. The molecule has 2 aromatic rings. The molecule has 0 aromatic carbocycles. The lowest BCUT2D eigenvalue weighted by molar-refractivity contribution is 0.0933. The number of carbonyl (C=O) groups is 2. The number of hydrogen-bond acceptors (Lipinski definition) is 5. The van der Waals surface area contributed by atoms with E-state index in [1.807, 2.05) is 13.8 Å². The highest BCUT2D eigenvalue weighted by Gasteiger charge is 2.13. The Bertz CT molecular complexity index is 722. The van der Waals surface area contributed by atoms with Gasteiger partial charge < -0.3 is 20.8 Å². The Morgan fingerprint density at radius 3 is 2.68 bits per heavy atom. The van der Waals surface area contributed by atoms with Crippen molar-refractivity contribution in [2.24, 2.45) is 5.73 Å². The monoisotopic (exact) mass is 302 g/mol. The molecule has 2 amide bonds.